The van der Waals surface area contributed by atoms with Crippen LogP contribution in [0.2, 0.25) is 0 Å². The molecule has 0 fully saturated rings. The molecule has 0 aromatic heterocycles. The standard InChI is InChI=1S/C19H27N/c1-5-19(4,14-20-15(2)3)13-17-11-8-10-16-9-6-7-12-18(16)17/h6-12,15,20H,5,13-14H2,1-4H3. The Morgan fingerprint density at radius 2 is 1.75 bits per heavy atom. The SMILES string of the molecule is CCC(C)(CNC(C)C)Cc1cccc2ccccc12. The summed E-state index contributed by atoms with van der Waals surface area (Å²) >= 11 is 0. The van der Waals surface area contributed by atoms with E-state index in [4.69, 9.17) is 0 Å². The lowest BCUT2D eigenvalue weighted by molar-refractivity contribution is 0.282. The van der Waals surface area contributed by atoms with Crippen LogP contribution in [-0.2, 0) is 6.42 Å². The van der Waals surface area contributed by atoms with E-state index in [0.29, 0.717) is 11.5 Å². The molecule has 0 aliphatic carbocycles. The van der Waals surface area contributed by atoms with E-state index in [1.54, 1.807) is 0 Å². The Hall–Kier alpha value is -1.34. The maximum Gasteiger partial charge on any atom is 0.00106 e. The zero-order chi connectivity index (χ0) is 14.6. The number of fused-ring (bicyclic) bond motifs is 1. The predicted molar refractivity (Wildman–Crippen MR) is 89.2 cm³/mol. The first kappa shape index (κ1) is 15.1. The summed E-state index contributed by atoms with van der Waals surface area (Å²) in [5.41, 5.74) is 1.78. The number of hydrogen-bond acceptors (Lipinski definition) is 1. The Kier molecular flexibility index (Phi) is 4.82. The van der Waals surface area contributed by atoms with Crippen molar-refractivity contribution < 1.29 is 0 Å². The molecule has 108 valence electrons. The summed E-state index contributed by atoms with van der Waals surface area (Å²) in [5.74, 6) is 0. The van der Waals surface area contributed by atoms with Gasteiger partial charge >= 0.3 is 0 Å². The first-order valence-electron chi connectivity index (χ1n) is 7.74. The van der Waals surface area contributed by atoms with Crippen LogP contribution >= 0.6 is 0 Å². The van der Waals surface area contributed by atoms with Crippen LogP contribution in [0.15, 0.2) is 42.5 Å². The largest absolute Gasteiger partial charge is 0.314 e. The molecule has 0 saturated carbocycles. The molecule has 0 aliphatic rings. The molecule has 1 heteroatoms. The van der Waals surface area contributed by atoms with E-state index in [2.05, 4.69) is 75.5 Å². The highest BCUT2D eigenvalue weighted by Crippen LogP contribution is 2.29. The number of benzene rings is 2. The molecule has 0 saturated heterocycles. The molecule has 0 amide bonds. The van der Waals surface area contributed by atoms with Gasteiger partial charge in [0.1, 0.15) is 0 Å². The van der Waals surface area contributed by atoms with Crippen molar-refractivity contribution in [3.05, 3.63) is 48.0 Å². The third kappa shape index (κ3) is 3.61. The summed E-state index contributed by atoms with van der Waals surface area (Å²) < 4.78 is 0. The summed E-state index contributed by atoms with van der Waals surface area (Å²) in [4.78, 5) is 0. The molecule has 1 nitrogen and oxygen atoms in total. The van der Waals surface area contributed by atoms with E-state index in [1.165, 1.54) is 22.8 Å². The van der Waals surface area contributed by atoms with Gasteiger partial charge in [0, 0.05) is 12.6 Å². The second kappa shape index (κ2) is 6.41. The van der Waals surface area contributed by atoms with Gasteiger partial charge in [0.15, 0.2) is 0 Å². The third-order valence-electron chi connectivity index (χ3n) is 4.29. The molecule has 20 heavy (non-hydrogen) atoms. The van der Waals surface area contributed by atoms with Gasteiger partial charge in [0.05, 0.1) is 0 Å². The van der Waals surface area contributed by atoms with Crippen molar-refractivity contribution in [2.45, 2.75) is 46.6 Å². The van der Waals surface area contributed by atoms with Crippen molar-refractivity contribution in [3.8, 4) is 0 Å². The third-order valence-corrected chi connectivity index (χ3v) is 4.29. The lowest BCUT2D eigenvalue weighted by Gasteiger charge is -2.30. The highest BCUT2D eigenvalue weighted by Gasteiger charge is 2.23. The molecule has 1 unspecified atom stereocenters. The van der Waals surface area contributed by atoms with Gasteiger partial charge in [-0.1, -0.05) is 70.2 Å². The fourth-order valence-corrected chi connectivity index (χ4v) is 2.67. The average Bonchev–Trinajstić information content (AvgIpc) is 2.46. The topological polar surface area (TPSA) is 12.0 Å². The van der Waals surface area contributed by atoms with E-state index in [9.17, 15) is 0 Å². The number of hydrogen-bond donors (Lipinski definition) is 1. The van der Waals surface area contributed by atoms with E-state index in [0.717, 1.165) is 13.0 Å². The quantitative estimate of drug-likeness (QED) is 0.794. The average molecular weight is 269 g/mol. The minimum Gasteiger partial charge on any atom is -0.314 e. The fourth-order valence-electron chi connectivity index (χ4n) is 2.67. The van der Waals surface area contributed by atoms with Crippen LogP contribution in [0.25, 0.3) is 10.8 Å². The Balaban J connectivity index is 2.25. The van der Waals surface area contributed by atoms with Gasteiger partial charge in [-0.3, -0.25) is 0 Å². The zero-order valence-corrected chi connectivity index (χ0v) is 13.2. The van der Waals surface area contributed by atoms with E-state index >= 15 is 0 Å². The van der Waals surface area contributed by atoms with Crippen LogP contribution < -0.4 is 5.32 Å². The van der Waals surface area contributed by atoms with Crippen molar-refractivity contribution in [2.75, 3.05) is 6.54 Å². The maximum absolute atomic E-state index is 3.61. The molecule has 0 heterocycles. The first-order chi connectivity index (χ1) is 9.54. The van der Waals surface area contributed by atoms with Gasteiger partial charge in [-0.2, -0.15) is 0 Å². The lowest BCUT2D eigenvalue weighted by atomic mass is 9.80. The molecular weight excluding hydrogens is 242 g/mol. The van der Waals surface area contributed by atoms with Gasteiger partial charge in [-0.15, -0.1) is 0 Å². The minimum atomic E-state index is 0.314. The minimum absolute atomic E-state index is 0.314. The van der Waals surface area contributed by atoms with E-state index in [-0.39, 0.29) is 0 Å². The normalized spacial score (nSPS) is 14.7. The molecule has 0 spiro atoms. The van der Waals surface area contributed by atoms with Crippen LogP contribution in [0.4, 0.5) is 0 Å². The highest BCUT2D eigenvalue weighted by atomic mass is 14.9. The molecule has 1 N–H and O–H groups in total. The Bertz CT molecular complexity index is 553. The predicted octanol–water partition coefficient (Wildman–Crippen LogP) is 4.80. The van der Waals surface area contributed by atoms with E-state index < -0.39 is 0 Å². The first-order valence-corrected chi connectivity index (χ1v) is 7.74. The van der Waals surface area contributed by atoms with Gasteiger partial charge in [0.25, 0.3) is 0 Å². The second-order valence-electron chi connectivity index (χ2n) is 6.51. The highest BCUT2D eigenvalue weighted by molar-refractivity contribution is 5.85. The molecule has 2 aromatic rings. The smallest absolute Gasteiger partial charge is 0.00106 e. The van der Waals surface area contributed by atoms with Crippen LogP contribution in [0.3, 0.4) is 0 Å². The Morgan fingerprint density at radius 3 is 2.45 bits per heavy atom. The number of rotatable bonds is 6. The van der Waals surface area contributed by atoms with Gasteiger partial charge in [-0.05, 0) is 34.6 Å². The van der Waals surface area contributed by atoms with Crippen molar-refractivity contribution in [3.63, 3.8) is 0 Å². The summed E-state index contributed by atoms with van der Waals surface area (Å²) in [6, 6.07) is 15.9. The second-order valence-corrected chi connectivity index (χ2v) is 6.51. The van der Waals surface area contributed by atoms with Gasteiger partial charge < -0.3 is 5.32 Å². The summed E-state index contributed by atoms with van der Waals surface area (Å²) in [7, 11) is 0. The Labute approximate surface area is 123 Å². The molecule has 2 rings (SSSR count). The molecule has 1 atom stereocenters. The number of nitrogens with one attached hydrogen (secondary N) is 1. The zero-order valence-electron chi connectivity index (χ0n) is 13.2. The fraction of sp³-hybridized carbons (Fsp3) is 0.474. The molecule has 0 aliphatic heterocycles. The van der Waals surface area contributed by atoms with E-state index in [1.807, 2.05) is 0 Å². The van der Waals surface area contributed by atoms with Crippen LogP contribution in [0.1, 0.15) is 39.7 Å². The van der Waals surface area contributed by atoms with Crippen molar-refractivity contribution in [1.82, 2.24) is 5.32 Å². The Morgan fingerprint density at radius 1 is 1.05 bits per heavy atom. The summed E-state index contributed by atoms with van der Waals surface area (Å²) in [6.45, 7) is 10.2. The monoisotopic (exact) mass is 269 g/mol. The molecule has 0 radical (unpaired) electrons. The van der Waals surface area contributed by atoms with Crippen LogP contribution in [-0.4, -0.2) is 12.6 Å². The van der Waals surface area contributed by atoms with Crippen LogP contribution in [0, 0.1) is 5.41 Å². The summed E-state index contributed by atoms with van der Waals surface area (Å²) in [6.07, 6.45) is 2.32. The van der Waals surface area contributed by atoms with Crippen LogP contribution in [0.5, 0.6) is 0 Å². The molecule has 0 bridgehead atoms. The molecule has 2 aromatic carbocycles. The summed E-state index contributed by atoms with van der Waals surface area (Å²) in [5, 5.41) is 6.35. The van der Waals surface area contributed by atoms with Gasteiger partial charge in [-0.25, -0.2) is 0 Å². The lowest BCUT2D eigenvalue weighted by Crippen LogP contribution is -2.36. The van der Waals surface area contributed by atoms with Gasteiger partial charge in [0.2, 0.25) is 0 Å². The van der Waals surface area contributed by atoms with Crippen molar-refractivity contribution >= 4 is 10.8 Å². The van der Waals surface area contributed by atoms with Crippen molar-refractivity contribution in [2.24, 2.45) is 5.41 Å². The van der Waals surface area contributed by atoms with Crippen molar-refractivity contribution in [1.29, 1.82) is 0 Å². The maximum atomic E-state index is 3.61. The molecular formula is C19H27N.